The number of hydrogen-bond acceptors (Lipinski definition) is 4. The van der Waals surface area contributed by atoms with Crippen molar-refractivity contribution >= 4 is 39.8 Å². The van der Waals surface area contributed by atoms with Crippen molar-refractivity contribution in [1.82, 2.24) is 0 Å². The smallest absolute Gasteiger partial charge is 0.341 e. The monoisotopic (exact) mass is 455 g/mol. The quantitative estimate of drug-likeness (QED) is 0.367. The van der Waals surface area contributed by atoms with Crippen molar-refractivity contribution in [2.75, 3.05) is 11.9 Å². The number of carbonyl (C=O) groups excluding carboxylic acids is 2. The minimum Gasteiger partial charge on any atom is -0.462 e. The van der Waals surface area contributed by atoms with E-state index < -0.39 is 5.97 Å². The maximum absolute atomic E-state index is 13.0. The van der Waals surface area contributed by atoms with Crippen molar-refractivity contribution in [1.29, 1.82) is 0 Å². The van der Waals surface area contributed by atoms with Gasteiger partial charge >= 0.3 is 5.97 Å². The van der Waals surface area contributed by atoms with Gasteiger partial charge < -0.3 is 10.1 Å². The lowest BCUT2D eigenvalue weighted by Gasteiger charge is -2.10. The third-order valence-corrected chi connectivity index (χ3v) is 6.11. The van der Waals surface area contributed by atoms with Crippen LogP contribution in [0.25, 0.3) is 11.1 Å². The Labute approximate surface area is 192 Å². The van der Waals surface area contributed by atoms with Crippen LogP contribution in [-0.2, 0) is 11.2 Å². The zero-order valence-electron chi connectivity index (χ0n) is 18.0. The van der Waals surface area contributed by atoms with Crippen LogP contribution >= 0.6 is 22.9 Å². The van der Waals surface area contributed by atoms with Crippen molar-refractivity contribution in [2.24, 2.45) is 0 Å². The molecule has 0 aliphatic rings. The van der Waals surface area contributed by atoms with Gasteiger partial charge in [0.2, 0.25) is 0 Å². The molecule has 0 aliphatic carbocycles. The zero-order chi connectivity index (χ0) is 22.4. The van der Waals surface area contributed by atoms with Crippen molar-refractivity contribution < 1.29 is 14.3 Å². The van der Waals surface area contributed by atoms with E-state index in [9.17, 15) is 9.59 Å². The summed E-state index contributed by atoms with van der Waals surface area (Å²) in [6.45, 7) is 6.37. The summed E-state index contributed by atoms with van der Waals surface area (Å²) >= 11 is 7.30. The molecule has 3 rings (SSSR count). The second kappa shape index (κ2) is 10.6. The number of halogens is 1. The van der Waals surface area contributed by atoms with E-state index >= 15 is 0 Å². The summed E-state index contributed by atoms with van der Waals surface area (Å²) < 4.78 is 5.46. The van der Waals surface area contributed by atoms with Crippen LogP contribution in [0.4, 0.5) is 5.00 Å². The molecule has 0 atom stereocenters. The molecule has 4 nitrogen and oxygen atoms in total. The molecule has 3 aromatic rings. The molecule has 0 bridgehead atoms. The number of benzene rings is 2. The fourth-order valence-corrected chi connectivity index (χ4v) is 4.53. The Kier molecular flexibility index (Phi) is 7.88. The Hall–Kier alpha value is -2.63. The Bertz CT molecular complexity index is 1060. The Balaban J connectivity index is 2.00. The first-order chi connectivity index (χ1) is 14.9. The van der Waals surface area contributed by atoms with Crippen molar-refractivity contribution in [3.05, 3.63) is 75.1 Å². The van der Waals surface area contributed by atoms with Crippen LogP contribution in [0.15, 0.2) is 48.5 Å². The molecule has 1 aromatic heterocycles. The first kappa shape index (κ1) is 23.0. The second-order valence-corrected chi connectivity index (χ2v) is 8.94. The van der Waals surface area contributed by atoms with Gasteiger partial charge in [0.25, 0.3) is 5.91 Å². The summed E-state index contributed by atoms with van der Waals surface area (Å²) in [5.41, 5.74) is 3.87. The van der Waals surface area contributed by atoms with Gasteiger partial charge in [-0.15, -0.1) is 11.3 Å². The first-order valence-electron chi connectivity index (χ1n) is 10.4. The average Bonchev–Trinajstić information content (AvgIpc) is 3.08. The number of rotatable bonds is 8. The fourth-order valence-electron chi connectivity index (χ4n) is 3.35. The molecule has 1 N–H and O–H groups in total. The predicted molar refractivity (Wildman–Crippen MR) is 128 cm³/mol. The fraction of sp³-hybridized carbons (Fsp3) is 0.280. The number of carbonyl (C=O) groups is 2. The van der Waals surface area contributed by atoms with Gasteiger partial charge in [-0.05, 0) is 55.2 Å². The van der Waals surface area contributed by atoms with Gasteiger partial charge in [0.05, 0.1) is 6.61 Å². The van der Waals surface area contributed by atoms with E-state index in [2.05, 4.69) is 24.4 Å². The predicted octanol–water partition coefficient (Wildman–Crippen LogP) is 7.15. The number of esters is 1. The maximum atomic E-state index is 13.0. The average molecular weight is 456 g/mol. The van der Waals surface area contributed by atoms with Crippen molar-refractivity contribution in [3.8, 4) is 11.1 Å². The van der Waals surface area contributed by atoms with E-state index in [0.29, 0.717) is 27.8 Å². The largest absolute Gasteiger partial charge is 0.462 e. The molecule has 31 heavy (non-hydrogen) atoms. The van der Waals surface area contributed by atoms with Crippen LogP contribution in [0.3, 0.4) is 0 Å². The highest BCUT2D eigenvalue weighted by atomic mass is 35.5. The van der Waals surface area contributed by atoms with Gasteiger partial charge in [0, 0.05) is 21.0 Å². The molecule has 0 unspecified atom stereocenters. The molecule has 0 fully saturated rings. The Morgan fingerprint density at radius 3 is 2.29 bits per heavy atom. The number of anilines is 1. The molecule has 6 heteroatoms. The van der Waals surface area contributed by atoms with Crippen LogP contribution in [0.1, 0.15) is 57.8 Å². The van der Waals surface area contributed by atoms with Crippen LogP contribution < -0.4 is 5.32 Å². The lowest BCUT2D eigenvalue weighted by atomic mass is 9.99. The summed E-state index contributed by atoms with van der Waals surface area (Å²) in [5.74, 6) is -0.724. The van der Waals surface area contributed by atoms with E-state index in [1.54, 1.807) is 24.3 Å². The van der Waals surface area contributed by atoms with E-state index in [1.807, 2.05) is 26.0 Å². The lowest BCUT2D eigenvalue weighted by molar-refractivity contribution is 0.0507. The second-order valence-electron chi connectivity index (χ2n) is 7.28. The van der Waals surface area contributed by atoms with Crippen LogP contribution in [0.5, 0.6) is 0 Å². The minimum absolute atomic E-state index is 0.299. The van der Waals surface area contributed by atoms with Gasteiger partial charge in [-0.25, -0.2) is 4.79 Å². The molecule has 0 saturated heterocycles. The molecular weight excluding hydrogens is 430 g/mol. The van der Waals surface area contributed by atoms with E-state index in [0.717, 1.165) is 35.3 Å². The van der Waals surface area contributed by atoms with Gasteiger partial charge in [-0.1, -0.05) is 56.1 Å². The molecule has 0 spiro atoms. The summed E-state index contributed by atoms with van der Waals surface area (Å²) in [5, 5.41) is 3.95. The number of aryl methyl sites for hydroxylation is 2. The van der Waals surface area contributed by atoms with Crippen LogP contribution in [0.2, 0.25) is 5.02 Å². The third kappa shape index (κ3) is 5.54. The highest BCUT2D eigenvalue weighted by Crippen LogP contribution is 2.40. The van der Waals surface area contributed by atoms with E-state index in [-0.39, 0.29) is 5.91 Å². The summed E-state index contributed by atoms with van der Waals surface area (Å²) in [4.78, 5) is 26.7. The number of ether oxygens (including phenoxy) is 1. The van der Waals surface area contributed by atoms with E-state index in [4.69, 9.17) is 16.3 Å². The molecule has 0 radical (unpaired) electrons. The third-order valence-electron chi connectivity index (χ3n) is 4.84. The molecule has 162 valence electrons. The molecule has 0 saturated carbocycles. The topological polar surface area (TPSA) is 55.4 Å². The molecular formula is C25H26ClNO3S. The number of nitrogens with one attached hydrogen (secondary N) is 1. The highest BCUT2D eigenvalue weighted by Gasteiger charge is 2.26. The SMILES string of the molecule is CCCOC(=O)c1c(NC(=O)c2ccc(Cl)cc2)sc(C)c1-c1ccc(CCC)cc1. The van der Waals surface area contributed by atoms with Crippen LogP contribution in [-0.4, -0.2) is 18.5 Å². The summed E-state index contributed by atoms with van der Waals surface area (Å²) in [6.07, 6.45) is 2.81. The number of hydrogen-bond donors (Lipinski definition) is 1. The van der Waals surface area contributed by atoms with Crippen molar-refractivity contribution in [2.45, 2.75) is 40.0 Å². The van der Waals surface area contributed by atoms with Crippen LogP contribution in [0, 0.1) is 6.92 Å². The molecule has 2 aromatic carbocycles. The summed E-state index contributed by atoms with van der Waals surface area (Å²) in [7, 11) is 0. The van der Waals surface area contributed by atoms with Crippen molar-refractivity contribution in [3.63, 3.8) is 0 Å². The Morgan fingerprint density at radius 1 is 1.00 bits per heavy atom. The first-order valence-corrected chi connectivity index (χ1v) is 11.6. The van der Waals surface area contributed by atoms with Gasteiger partial charge in [-0.3, -0.25) is 4.79 Å². The van der Waals surface area contributed by atoms with E-state index in [1.165, 1.54) is 16.9 Å². The molecule has 1 amide bonds. The maximum Gasteiger partial charge on any atom is 0.341 e. The summed E-state index contributed by atoms with van der Waals surface area (Å²) in [6, 6.07) is 14.9. The number of amides is 1. The molecule has 0 aliphatic heterocycles. The zero-order valence-corrected chi connectivity index (χ0v) is 19.5. The lowest BCUT2D eigenvalue weighted by Crippen LogP contribution is -2.15. The highest BCUT2D eigenvalue weighted by molar-refractivity contribution is 7.17. The Morgan fingerprint density at radius 2 is 1.68 bits per heavy atom. The molecule has 1 heterocycles. The normalized spacial score (nSPS) is 10.7. The number of thiophene rings is 1. The standard InChI is InChI=1S/C25H26ClNO3S/c1-4-6-17-7-9-18(10-8-17)21-16(3)31-24(22(21)25(29)30-15-5-2)27-23(28)19-11-13-20(26)14-12-19/h7-14H,4-6,15H2,1-3H3,(H,27,28). The van der Waals surface area contributed by atoms with Gasteiger partial charge in [0.15, 0.2) is 0 Å². The minimum atomic E-state index is -0.426. The van der Waals surface area contributed by atoms with Gasteiger partial charge in [-0.2, -0.15) is 0 Å². The van der Waals surface area contributed by atoms with Gasteiger partial charge in [0.1, 0.15) is 10.6 Å².